The topological polar surface area (TPSA) is 87.0 Å². The summed E-state index contributed by atoms with van der Waals surface area (Å²) in [5, 5.41) is 0. The number of nitrogen functional groups attached to an aromatic ring is 2. The SMILES string of the molecule is Nc1cc(OC/C=C/c2ccccc2)nc(N)n1. The molecule has 0 fully saturated rings. The highest BCUT2D eigenvalue weighted by molar-refractivity contribution is 5.48. The van der Waals surface area contributed by atoms with Gasteiger partial charge < -0.3 is 16.2 Å². The molecule has 0 spiro atoms. The average molecular weight is 242 g/mol. The minimum Gasteiger partial charge on any atom is -0.473 e. The number of hydrogen-bond donors (Lipinski definition) is 2. The van der Waals surface area contributed by atoms with Crippen molar-refractivity contribution in [2.45, 2.75) is 0 Å². The van der Waals surface area contributed by atoms with Crippen molar-refractivity contribution in [1.29, 1.82) is 0 Å². The number of nitrogens with two attached hydrogens (primary N) is 2. The third-order valence-corrected chi connectivity index (χ3v) is 2.18. The molecule has 4 N–H and O–H groups in total. The molecule has 0 amide bonds. The van der Waals surface area contributed by atoms with Gasteiger partial charge in [0.05, 0.1) is 0 Å². The van der Waals surface area contributed by atoms with Crippen molar-refractivity contribution in [3.63, 3.8) is 0 Å². The molecule has 0 aliphatic heterocycles. The number of hydrogen-bond acceptors (Lipinski definition) is 5. The Labute approximate surface area is 105 Å². The molecule has 0 bridgehead atoms. The summed E-state index contributed by atoms with van der Waals surface area (Å²) in [6.07, 6.45) is 3.86. The molecule has 0 aliphatic carbocycles. The number of anilines is 2. The van der Waals surface area contributed by atoms with Crippen molar-refractivity contribution in [3.8, 4) is 5.88 Å². The molecule has 0 saturated heterocycles. The van der Waals surface area contributed by atoms with E-state index < -0.39 is 0 Å². The van der Waals surface area contributed by atoms with Gasteiger partial charge in [0.2, 0.25) is 11.8 Å². The zero-order valence-electron chi connectivity index (χ0n) is 9.78. The fraction of sp³-hybridized carbons (Fsp3) is 0.0769. The molecule has 5 nitrogen and oxygen atoms in total. The van der Waals surface area contributed by atoms with Crippen LogP contribution in [0.3, 0.4) is 0 Å². The lowest BCUT2D eigenvalue weighted by Crippen LogP contribution is -2.03. The van der Waals surface area contributed by atoms with E-state index in [2.05, 4.69) is 9.97 Å². The molecule has 18 heavy (non-hydrogen) atoms. The van der Waals surface area contributed by atoms with Crippen LogP contribution in [0.5, 0.6) is 5.88 Å². The van der Waals surface area contributed by atoms with E-state index in [1.54, 1.807) is 0 Å². The Morgan fingerprint density at radius 2 is 1.89 bits per heavy atom. The largest absolute Gasteiger partial charge is 0.473 e. The van der Waals surface area contributed by atoms with Gasteiger partial charge >= 0.3 is 0 Å². The molecule has 1 aromatic carbocycles. The van der Waals surface area contributed by atoms with Crippen molar-refractivity contribution < 1.29 is 4.74 Å². The summed E-state index contributed by atoms with van der Waals surface area (Å²) in [6.45, 7) is 0.394. The van der Waals surface area contributed by atoms with Gasteiger partial charge in [0.25, 0.3) is 0 Å². The minimum absolute atomic E-state index is 0.108. The zero-order chi connectivity index (χ0) is 12.8. The molecular formula is C13H14N4O. The van der Waals surface area contributed by atoms with Crippen LogP contribution in [0, 0.1) is 0 Å². The standard InChI is InChI=1S/C13H14N4O/c14-11-9-12(17-13(15)16-11)18-8-4-7-10-5-2-1-3-6-10/h1-7,9H,8H2,(H4,14,15,16,17)/b7-4+. The maximum Gasteiger partial charge on any atom is 0.225 e. The van der Waals surface area contributed by atoms with Gasteiger partial charge in [-0.2, -0.15) is 9.97 Å². The summed E-state index contributed by atoms with van der Waals surface area (Å²) in [4.78, 5) is 7.67. The van der Waals surface area contributed by atoms with Gasteiger partial charge in [0.1, 0.15) is 12.4 Å². The van der Waals surface area contributed by atoms with Gasteiger partial charge in [-0.25, -0.2) is 0 Å². The summed E-state index contributed by atoms with van der Waals surface area (Å²) in [6, 6.07) is 11.5. The second-order valence-corrected chi connectivity index (χ2v) is 3.61. The lowest BCUT2D eigenvalue weighted by Gasteiger charge is -2.03. The molecule has 0 unspecified atom stereocenters. The summed E-state index contributed by atoms with van der Waals surface area (Å²) >= 11 is 0. The van der Waals surface area contributed by atoms with E-state index in [-0.39, 0.29) is 5.95 Å². The molecule has 2 rings (SSSR count). The first-order valence-corrected chi connectivity index (χ1v) is 5.48. The Hall–Kier alpha value is -2.56. The molecule has 0 aliphatic rings. The lowest BCUT2D eigenvalue weighted by molar-refractivity contribution is 0.349. The summed E-state index contributed by atoms with van der Waals surface area (Å²) in [5.74, 6) is 0.777. The van der Waals surface area contributed by atoms with E-state index in [1.807, 2.05) is 42.5 Å². The van der Waals surface area contributed by atoms with Gasteiger partial charge in [0.15, 0.2) is 0 Å². The molecule has 1 aromatic heterocycles. The Morgan fingerprint density at radius 1 is 1.11 bits per heavy atom. The lowest BCUT2D eigenvalue weighted by atomic mass is 10.2. The fourth-order valence-electron chi connectivity index (χ4n) is 1.42. The summed E-state index contributed by atoms with van der Waals surface area (Å²) in [5.41, 5.74) is 12.1. The second kappa shape index (κ2) is 5.67. The smallest absolute Gasteiger partial charge is 0.225 e. The van der Waals surface area contributed by atoms with Crippen LogP contribution in [0.25, 0.3) is 6.08 Å². The fourth-order valence-corrected chi connectivity index (χ4v) is 1.42. The van der Waals surface area contributed by atoms with Crippen LogP contribution in [0.4, 0.5) is 11.8 Å². The van der Waals surface area contributed by atoms with Crippen molar-refractivity contribution in [2.75, 3.05) is 18.1 Å². The van der Waals surface area contributed by atoms with Crippen molar-refractivity contribution in [3.05, 3.63) is 48.0 Å². The van der Waals surface area contributed by atoms with Crippen LogP contribution in [0.15, 0.2) is 42.5 Å². The normalized spacial score (nSPS) is 10.7. The molecule has 5 heteroatoms. The van der Waals surface area contributed by atoms with Crippen LogP contribution < -0.4 is 16.2 Å². The zero-order valence-corrected chi connectivity index (χ0v) is 9.78. The van der Waals surface area contributed by atoms with E-state index in [0.29, 0.717) is 18.3 Å². The number of nitrogens with zero attached hydrogens (tertiary/aromatic N) is 2. The van der Waals surface area contributed by atoms with Gasteiger partial charge in [-0.15, -0.1) is 0 Å². The maximum absolute atomic E-state index is 5.53. The van der Waals surface area contributed by atoms with Crippen molar-refractivity contribution in [2.24, 2.45) is 0 Å². The quantitative estimate of drug-likeness (QED) is 0.852. The van der Waals surface area contributed by atoms with Gasteiger partial charge in [-0.1, -0.05) is 36.4 Å². The third kappa shape index (κ3) is 3.48. The molecule has 0 atom stereocenters. The van der Waals surface area contributed by atoms with Gasteiger partial charge in [-0.05, 0) is 11.6 Å². The number of ether oxygens (including phenoxy) is 1. The minimum atomic E-state index is 0.108. The average Bonchev–Trinajstić information content (AvgIpc) is 2.35. The van der Waals surface area contributed by atoms with E-state index in [9.17, 15) is 0 Å². The molecule has 0 saturated carbocycles. The van der Waals surface area contributed by atoms with Crippen LogP contribution in [-0.2, 0) is 0 Å². The van der Waals surface area contributed by atoms with Crippen LogP contribution in [-0.4, -0.2) is 16.6 Å². The summed E-state index contributed by atoms with van der Waals surface area (Å²) in [7, 11) is 0. The van der Waals surface area contributed by atoms with Crippen LogP contribution in [0.1, 0.15) is 5.56 Å². The number of benzene rings is 1. The predicted molar refractivity (Wildman–Crippen MR) is 71.8 cm³/mol. The Kier molecular flexibility index (Phi) is 3.76. The number of rotatable bonds is 4. The molecule has 1 heterocycles. The van der Waals surface area contributed by atoms with E-state index in [4.69, 9.17) is 16.2 Å². The monoisotopic (exact) mass is 242 g/mol. The third-order valence-electron chi connectivity index (χ3n) is 2.18. The van der Waals surface area contributed by atoms with Gasteiger partial charge in [0, 0.05) is 6.07 Å². The van der Waals surface area contributed by atoms with E-state index in [1.165, 1.54) is 6.07 Å². The molecule has 2 aromatic rings. The highest BCUT2D eigenvalue weighted by atomic mass is 16.5. The highest BCUT2D eigenvalue weighted by Crippen LogP contribution is 2.11. The number of aromatic nitrogens is 2. The highest BCUT2D eigenvalue weighted by Gasteiger charge is 1.99. The predicted octanol–water partition coefficient (Wildman–Crippen LogP) is 1.73. The Morgan fingerprint density at radius 3 is 2.61 bits per heavy atom. The van der Waals surface area contributed by atoms with Crippen LogP contribution >= 0.6 is 0 Å². The first-order chi connectivity index (χ1) is 8.74. The first kappa shape index (κ1) is 11.9. The second-order valence-electron chi connectivity index (χ2n) is 3.61. The molecule has 92 valence electrons. The summed E-state index contributed by atoms with van der Waals surface area (Å²) < 4.78 is 5.39. The van der Waals surface area contributed by atoms with Gasteiger partial charge in [-0.3, -0.25) is 0 Å². The van der Waals surface area contributed by atoms with Crippen LogP contribution in [0.2, 0.25) is 0 Å². The van der Waals surface area contributed by atoms with Crippen molar-refractivity contribution >= 4 is 17.8 Å². The Balaban J connectivity index is 1.90. The Bertz CT molecular complexity index is 520. The van der Waals surface area contributed by atoms with E-state index in [0.717, 1.165) is 5.56 Å². The first-order valence-electron chi connectivity index (χ1n) is 5.48. The van der Waals surface area contributed by atoms with E-state index >= 15 is 0 Å². The maximum atomic E-state index is 5.53. The molecular weight excluding hydrogens is 228 g/mol. The molecule has 0 radical (unpaired) electrons. The van der Waals surface area contributed by atoms with Crippen molar-refractivity contribution in [1.82, 2.24) is 9.97 Å².